The normalized spacial score (nSPS) is 12.7. The van der Waals surface area contributed by atoms with Crippen molar-refractivity contribution in [3.05, 3.63) is 72.9 Å². The molecule has 1 atom stereocenters. The average molecular weight is 837 g/mol. The summed E-state index contributed by atoms with van der Waals surface area (Å²) in [6.45, 7) is 6.49. The second kappa shape index (κ2) is 48.5. The number of rotatable bonds is 44. The first-order chi connectivity index (χ1) is 29.5. The summed E-state index contributed by atoms with van der Waals surface area (Å²) in [6.07, 6.45) is 60.4. The molecule has 0 aliphatic carbocycles. The molecule has 60 heavy (non-hydrogen) atoms. The molecule has 0 aromatic heterocycles. The Morgan fingerprint density at radius 2 is 0.650 bits per heavy atom. The number of esters is 3. The van der Waals surface area contributed by atoms with Crippen molar-refractivity contribution in [1.29, 1.82) is 0 Å². The Hall–Kier alpha value is -3.15. The maximum Gasteiger partial charge on any atom is 0.306 e. The summed E-state index contributed by atoms with van der Waals surface area (Å²) in [5.74, 6) is -0.998. The summed E-state index contributed by atoms with van der Waals surface area (Å²) in [6, 6.07) is 0. The smallest absolute Gasteiger partial charge is 0.306 e. The molecule has 0 aliphatic rings. The average Bonchev–Trinajstić information content (AvgIpc) is 3.24. The van der Waals surface area contributed by atoms with Crippen LogP contribution in [0.3, 0.4) is 0 Å². The van der Waals surface area contributed by atoms with Crippen molar-refractivity contribution in [3.8, 4) is 0 Å². The molecule has 0 saturated heterocycles. The molecule has 344 valence electrons. The third-order valence-electron chi connectivity index (χ3n) is 10.4. The van der Waals surface area contributed by atoms with E-state index in [1.807, 2.05) is 6.08 Å². The Bertz CT molecular complexity index is 1140. The topological polar surface area (TPSA) is 78.9 Å². The first kappa shape index (κ1) is 56.9. The summed E-state index contributed by atoms with van der Waals surface area (Å²) < 4.78 is 16.7. The minimum atomic E-state index is -0.806. The van der Waals surface area contributed by atoms with Crippen LogP contribution in [0, 0.1) is 0 Å². The number of allylic oxidation sites excluding steroid dienone is 12. The van der Waals surface area contributed by atoms with E-state index in [0.717, 1.165) is 77.0 Å². The van der Waals surface area contributed by atoms with Gasteiger partial charge in [0, 0.05) is 19.3 Å². The highest BCUT2D eigenvalue weighted by Gasteiger charge is 2.19. The van der Waals surface area contributed by atoms with Gasteiger partial charge in [-0.15, -0.1) is 0 Å². The lowest BCUT2D eigenvalue weighted by atomic mass is 10.0. The maximum absolute atomic E-state index is 12.7. The summed E-state index contributed by atoms with van der Waals surface area (Å²) >= 11 is 0. The van der Waals surface area contributed by atoms with Crippen LogP contribution in [0.2, 0.25) is 0 Å². The van der Waals surface area contributed by atoms with Gasteiger partial charge < -0.3 is 14.2 Å². The molecule has 0 amide bonds. The predicted molar refractivity (Wildman–Crippen MR) is 256 cm³/mol. The van der Waals surface area contributed by atoms with Gasteiger partial charge in [0.2, 0.25) is 0 Å². The molecule has 0 aromatic carbocycles. The quantitative estimate of drug-likeness (QED) is 0.0263. The van der Waals surface area contributed by atoms with Gasteiger partial charge in [-0.1, -0.05) is 209 Å². The van der Waals surface area contributed by atoms with E-state index in [1.54, 1.807) is 0 Å². The summed E-state index contributed by atoms with van der Waals surface area (Å²) in [5.41, 5.74) is 0. The maximum atomic E-state index is 12.7. The lowest BCUT2D eigenvalue weighted by Gasteiger charge is -2.18. The Morgan fingerprint density at radius 3 is 1.13 bits per heavy atom. The van der Waals surface area contributed by atoms with E-state index in [2.05, 4.69) is 87.6 Å². The highest BCUT2D eigenvalue weighted by molar-refractivity contribution is 5.71. The van der Waals surface area contributed by atoms with E-state index in [4.69, 9.17) is 14.2 Å². The van der Waals surface area contributed by atoms with Crippen molar-refractivity contribution < 1.29 is 28.6 Å². The van der Waals surface area contributed by atoms with Crippen molar-refractivity contribution in [2.24, 2.45) is 0 Å². The third-order valence-corrected chi connectivity index (χ3v) is 10.4. The fourth-order valence-corrected chi connectivity index (χ4v) is 6.64. The van der Waals surface area contributed by atoms with Gasteiger partial charge in [-0.3, -0.25) is 14.4 Å². The molecule has 0 saturated carbocycles. The molecular formula is C54H92O6. The zero-order valence-corrected chi connectivity index (χ0v) is 39.2. The molecule has 6 heteroatoms. The van der Waals surface area contributed by atoms with E-state index < -0.39 is 6.10 Å². The van der Waals surface area contributed by atoms with Crippen molar-refractivity contribution >= 4 is 17.9 Å². The van der Waals surface area contributed by atoms with Crippen LogP contribution < -0.4 is 0 Å². The molecule has 0 aromatic rings. The van der Waals surface area contributed by atoms with Gasteiger partial charge in [-0.05, 0) is 77.0 Å². The van der Waals surface area contributed by atoms with Crippen LogP contribution in [0.15, 0.2) is 72.9 Å². The summed E-state index contributed by atoms with van der Waals surface area (Å²) in [5, 5.41) is 0. The number of unbranched alkanes of at least 4 members (excludes halogenated alkanes) is 21. The minimum absolute atomic E-state index is 0.100. The molecule has 0 spiro atoms. The Labute approximate surface area is 370 Å². The number of hydrogen-bond donors (Lipinski definition) is 0. The fourth-order valence-electron chi connectivity index (χ4n) is 6.64. The van der Waals surface area contributed by atoms with Gasteiger partial charge in [0.25, 0.3) is 0 Å². The Balaban J connectivity index is 4.47. The first-order valence-electron chi connectivity index (χ1n) is 24.9. The van der Waals surface area contributed by atoms with Gasteiger partial charge in [-0.25, -0.2) is 0 Å². The molecular weight excluding hydrogens is 745 g/mol. The number of carbonyl (C=O) groups excluding carboxylic acids is 3. The van der Waals surface area contributed by atoms with Crippen molar-refractivity contribution in [1.82, 2.24) is 0 Å². The van der Waals surface area contributed by atoms with Crippen LogP contribution in [0.5, 0.6) is 0 Å². The number of hydrogen-bond acceptors (Lipinski definition) is 6. The van der Waals surface area contributed by atoms with Crippen LogP contribution in [0.25, 0.3) is 0 Å². The van der Waals surface area contributed by atoms with Crippen LogP contribution >= 0.6 is 0 Å². The molecule has 0 heterocycles. The fraction of sp³-hybridized carbons (Fsp3) is 0.722. The first-order valence-corrected chi connectivity index (χ1v) is 24.9. The van der Waals surface area contributed by atoms with E-state index in [-0.39, 0.29) is 37.5 Å². The zero-order valence-electron chi connectivity index (χ0n) is 39.2. The second-order valence-electron chi connectivity index (χ2n) is 16.4. The van der Waals surface area contributed by atoms with Crippen molar-refractivity contribution in [3.63, 3.8) is 0 Å². The van der Waals surface area contributed by atoms with E-state index >= 15 is 0 Å². The Morgan fingerprint density at radius 1 is 0.333 bits per heavy atom. The largest absolute Gasteiger partial charge is 0.462 e. The zero-order chi connectivity index (χ0) is 43.7. The highest BCUT2D eigenvalue weighted by atomic mass is 16.6. The number of carbonyl (C=O) groups is 3. The molecule has 0 bridgehead atoms. The highest BCUT2D eigenvalue weighted by Crippen LogP contribution is 2.14. The minimum Gasteiger partial charge on any atom is -0.462 e. The monoisotopic (exact) mass is 837 g/mol. The Kier molecular flexibility index (Phi) is 46.0. The predicted octanol–water partition coefficient (Wildman–Crippen LogP) is 16.3. The number of ether oxygens (including phenoxy) is 3. The molecule has 0 aliphatic heterocycles. The van der Waals surface area contributed by atoms with Crippen LogP contribution in [0.4, 0.5) is 0 Å². The lowest BCUT2D eigenvalue weighted by Crippen LogP contribution is -2.30. The molecule has 0 N–H and O–H groups in total. The standard InChI is InChI=1S/C54H92O6/c1-4-7-10-13-16-19-22-24-25-26-27-28-29-30-33-35-38-41-44-47-53(56)59-50-51(60-54(57)48-45-42-39-36-31-21-18-15-12-9-6-3)49-58-52(55)46-43-40-37-34-32-23-20-17-14-11-8-5-2/h15-16,18-19,24-25,27-28,30,33,38,41,51H,4-14,17,20-23,26,29,31-32,34-37,39-40,42-50H2,1-3H3/b18-15-,19-16-,25-24-,28-27-,33-30-,41-38-/t51-/m0/s1. The molecule has 0 rings (SSSR count). The van der Waals surface area contributed by atoms with E-state index in [1.165, 1.54) is 109 Å². The molecule has 6 nitrogen and oxygen atoms in total. The molecule has 0 radical (unpaired) electrons. The molecule has 0 fully saturated rings. The van der Waals surface area contributed by atoms with Crippen LogP contribution in [-0.4, -0.2) is 37.2 Å². The second-order valence-corrected chi connectivity index (χ2v) is 16.4. The van der Waals surface area contributed by atoms with Crippen molar-refractivity contribution in [2.75, 3.05) is 13.2 Å². The van der Waals surface area contributed by atoms with E-state index in [9.17, 15) is 14.4 Å². The summed E-state index contributed by atoms with van der Waals surface area (Å²) in [7, 11) is 0. The van der Waals surface area contributed by atoms with Gasteiger partial charge in [0.1, 0.15) is 13.2 Å². The van der Waals surface area contributed by atoms with Crippen molar-refractivity contribution in [2.45, 2.75) is 239 Å². The SMILES string of the molecule is CCCC/C=C\CCCCCCCC(=O)O[C@H](COC(=O)CC/C=C\C/C=C\C/C=C\C/C=C\C/C=C\CCCCC)COC(=O)CCCCCCCCCCCCCC. The summed E-state index contributed by atoms with van der Waals surface area (Å²) in [4.78, 5) is 37.8. The third kappa shape index (κ3) is 45.9. The van der Waals surface area contributed by atoms with Gasteiger partial charge in [-0.2, -0.15) is 0 Å². The van der Waals surface area contributed by atoms with Gasteiger partial charge in [0.05, 0.1) is 0 Å². The van der Waals surface area contributed by atoms with Gasteiger partial charge >= 0.3 is 17.9 Å². The van der Waals surface area contributed by atoms with Crippen LogP contribution in [0.1, 0.15) is 233 Å². The lowest BCUT2D eigenvalue weighted by molar-refractivity contribution is -0.166. The van der Waals surface area contributed by atoms with E-state index in [0.29, 0.717) is 19.3 Å². The molecule has 0 unspecified atom stereocenters. The van der Waals surface area contributed by atoms with Crippen LogP contribution in [-0.2, 0) is 28.6 Å². The van der Waals surface area contributed by atoms with Gasteiger partial charge in [0.15, 0.2) is 6.10 Å².